The summed E-state index contributed by atoms with van der Waals surface area (Å²) < 4.78 is 44.7. The zero-order valence-corrected chi connectivity index (χ0v) is 23.7. The Morgan fingerprint density at radius 2 is 1.64 bits per heavy atom. The van der Waals surface area contributed by atoms with E-state index in [1.807, 2.05) is 43.3 Å². The first kappa shape index (κ1) is 28.9. The van der Waals surface area contributed by atoms with Crippen LogP contribution in [0.25, 0.3) is 22.2 Å². The molecule has 1 aromatic heterocycles. The van der Waals surface area contributed by atoms with E-state index in [0.717, 1.165) is 35.5 Å². The number of nitrogens with one attached hydrogen (secondary N) is 3. The number of morpholine rings is 1. The van der Waals surface area contributed by atoms with E-state index in [2.05, 4.69) is 25.5 Å². The fourth-order valence-corrected chi connectivity index (χ4v) is 5.17. The van der Waals surface area contributed by atoms with E-state index in [-0.39, 0.29) is 28.0 Å². The lowest BCUT2D eigenvalue weighted by molar-refractivity contribution is -0.144. The van der Waals surface area contributed by atoms with Crippen molar-refractivity contribution < 1.29 is 27.5 Å². The number of anilines is 3. The number of nitrogens with zero attached hydrogens (tertiary/aromatic N) is 2. The SMILES string of the molecule is Cc1ccccc1-c1ccc(C(=O)Nc2ccc3nc(C(F)(F)F)[nH]c3c2)c(NC(=O)c2ccc(N3CCOCC3)cc2)c1. The van der Waals surface area contributed by atoms with Gasteiger partial charge in [-0.15, -0.1) is 0 Å². The van der Waals surface area contributed by atoms with Crippen molar-refractivity contribution in [3.8, 4) is 11.1 Å². The van der Waals surface area contributed by atoms with Crippen LogP contribution in [0.15, 0.2) is 84.9 Å². The van der Waals surface area contributed by atoms with Gasteiger partial charge in [0, 0.05) is 30.0 Å². The number of H-pyrrole nitrogens is 1. The van der Waals surface area contributed by atoms with E-state index in [9.17, 15) is 22.8 Å². The second-order valence-electron chi connectivity index (χ2n) is 10.4. The molecule has 5 aromatic rings. The van der Waals surface area contributed by atoms with E-state index >= 15 is 0 Å². The molecule has 2 heterocycles. The molecule has 8 nitrogen and oxygen atoms in total. The molecule has 224 valence electrons. The van der Waals surface area contributed by atoms with E-state index in [4.69, 9.17) is 4.74 Å². The van der Waals surface area contributed by atoms with E-state index in [1.54, 1.807) is 30.3 Å². The number of aryl methyl sites for hydroxylation is 1. The number of rotatable bonds is 6. The monoisotopic (exact) mass is 599 g/mol. The second kappa shape index (κ2) is 11.8. The number of hydrogen-bond donors (Lipinski definition) is 3. The van der Waals surface area contributed by atoms with Crippen molar-refractivity contribution in [3.05, 3.63) is 107 Å². The summed E-state index contributed by atoms with van der Waals surface area (Å²) in [7, 11) is 0. The van der Waals surface area contributed by atoms with Gasteiger partial charge in [0.15, 0.2) is 0 Å². The van der Waals surface area contributed by atoms with Crippen molar-refractivity contribution in [2.24, 2.45) is 0 Å². The van der Waals surface area contributed by atoms with Crippen LogP contribution in [0.2, 0.25) is 0 Å². The molecule has 0 unspecified atom stereocenters. The number of carbonyl (C=O) groups excluding carboxylic acids is 2. The molecule has 0 spiro atoms. The molecule has 1 saturated heterocycles. The lowest BCUT2D eigenvalue weighted by Gasteiger charge is -2.28. The first-order valence-electron chi connectivity index (χ1n) is 14.0. The number of hydrogen-bond acceptors (Lipinski definition) is 5. The van der Waals surface area contributed by atoms with Crippen LogP contribution in [0, 0.1) is 6.92 Å². The minimum absolute atomic E-state index is 0.116. The first-order valence-corrected chi connectivity index (χ1v) is 14.0. The van der Waals surface area contributed by atoms with Gasteiger partial charge in [0.2, 0.25) is 5.82 Å². The predicted molar refractivity (Wildman–Crippen MR) is 163 cm³/mol. The van der Waals surface area contributed by atoms with Crippen molar-refractivity contribution in [3.63, 3.8) is 0 Å². The standard InChI is InChI=1S/C33H28F3N5O3/c1-20-4-2-3-5-25(20)22-8-12-26(31(43)37-23-9-13-27-29(19-23)40-32(39-27)33(34,35)36)28(18-22)38-30(42)21-6-10-24(11-7-21)41-14-16-44-17-15-41/h2-13,18-19H,14-17H2,1H3,(H,37,43)(H,38,42)(H,39,40). The highest BCUT2D eigenvalue weighted by Crippen LogP contribution is 2.31. The Morgan fingerprint density at radius 3 is 2.36 bits per heavy atom. The maximum Gasteiger partial charge on any atom is 0.449 e. The first-order chi connectivity index (χ1) is 21.2. The van der Waals surface area contributed by atoms with Gasteiger partial charge in [0.25, 0.3) is 11.8 Å². The molecular weight excluding hydrogens is 571 g/mol. The van der Waals surface area contributed by atoms with Crippen LogP contribution in [-0.4, -0.2) is 48.1 Å². The molecule has 4 aromatic carbocycles. The molecule has 0 radical (unpaired) electrons. The Kier molecular flexibility index (Phi) is 7.79. The average molecular weight is 600 g/mol. The molecule has 3 N–H and O–H groups in total. The van der Waals surface area contributed by atoms with E-state index in [0.29, 0.717) is 18.8 Å². The van der Waals surface area contributed by atoms with Gasteiger partial charge in [-0.3, -0.25) is 9.59 Å². The fourth-order valence-electron chi connectivity index (χ4n) is 5.17. The minimum atomic E-state index is -4.63. The van der Waals surface area contributed by atoms with Crippen molar-refractivity contribution >= 4 is 39.9 Å². The molecule has 0 aliphatic carbocycles. The van der Waals surface area contributed by atoms with Crippen LogP contribution in [0.5, 0.6) is 0 Å². The zero-order chi connectivity index (χ0) is 30.8. The van der Waals surface area contributed by atoms with Gasteiger partial charge in [0.1, 0.15) is 0 Å². The Bertz CT molecular complexity index is 1840. The van der Waals surface area contributed by atoms with Gasteiger partial charge in [-0.2, -0.15) is 13.2 Å². The summed E-state index contributed by atoms with van der Waals surface area (Å²) in [4.78, 5) is 34.9. The molecule has 0 bridgehead atoms. The van der Waals surface area contributed by atoms with Crippen molar-refractivity contribution in [2.45, 2.75) is 13.1 Å². The van der Waals surface area contributed by atoms with Crippen LogP contribution in [-0.2, 0) is 10.9 Å². The van der Waals surface area contributed by atoms with Crippen LogP contribution in [0.3, 0.4) is 0 Å². The number of benzene rings is 4. The Hall–Kier alpha value is -5.16. The highest BCUT2D eigenvalue weighted by molar-refractivity contribution is 6.13. The highest BCUT2D eigenvalue weighted by Gasteiger charge is 2.34. The number of aromatic nitrogens is 2. The number of imidazole rings is 1. The summed E-state index contributed by atoms with van der Waals surface area (Å²) in [6.07, 6.45) is -4.63. The molecule has 44 heavy (non-hydrogen) atoms. The predicted octanol–water partition coefficient (Wildman–Crippen LogP) is 6.90. The number of amides is 2. The van der Waals surface area contributed by atoms with Gasteiger partial charge in [-0.05, 0) is 78.2 Å². The van der Waals surface area contributed by atoms with Gasteiger partial charge < -0.3 is 25.3 Å². The highest BCUT2D eigenvalue weighted by atomic mass is 19.4. The van der Waals surface area contributed by atoms with Gasteiger partial charge in [0.05, 0.1) is 35.5 Å². The molecule has 2 amide bonds. The third kappa shape index (κ3) is 6.13. The number of alkyl halides is 3. The van der Waals surface area contributed by atoms with E-state index < -0.39 is 23.8 Å². The smallest absolute Gasteiger partial charge is 0.378 e. The number of ether oxygens (including phenoxy) is 1. The second-order valence-corrected chi connectivity index (χ2v) is 10.4. The molecule has 11 heteroatoms. The summed E-state index contributed by atoms with van der Waals surface area (Å²) in [6.45, 7) is 4.81. The molecule has 0 saturated carbocycles. The fraction of sp³-hybridized carbons (Fsp3) is 0.182. The summed E-state index contributed by atoms with van der Waals surface area (Å²) in [5, 5.41) is 5.63. The van der Waals surface area contributed by atoms with Crippen LogP contribution < -0.4 is 15.5 Å². The van der Waals surface area contributed by atoms with E-state index in [1.165, 1.54) is 18.2 Å². The van der Waals surface area contributed by atoms with Gasteiger partial charge in [-0.1, -0.05) is 30.3 Å². The third-order valence-electron chi connectivity index (χ3n) is 7.48. The summed E-state index contributed by atoms with van der Waals surface area (Å²) >= 11 is 0. The summed E-state index contributed by atoms with van der Waals surface area (Å²) in [5.41, 5.74) is 5.14. The molecule has 6 rings (SSSR count). The molecule has 1 fully saturated rings. The minimum Gasteiger partial charge on any atom is -0.378 e. The van der Waals surface area contributed by atoms with Crippen molar-refractivity contribution in [1.29, 1.82) is 0 Å². The summed E-state index contributed by atoms with van der Waals surface area (Å²) in [6, 6.07) is 24.4. The Labute approximate surface area is 250 Å². The molecule has 1 aliphatic heterocycles. The van der Waals surface area contributed by atoms with Crippen LogP contribution in [0.4, 0.5) is 30.2 Å². The largest absolute Gasteiger partial charge is 0.449 e. The number of halogens is 3. The third-order valence-corrected chi connectivity index (χ3v) is 7.48. The van der Waals surface area contributed by atoms with Crippen LogP contribution in [0.1, 0.15) is 32.1 Å². The summed E-state index contributed by atoms with van der Waals surface area (Å²) in [5.74, 6) is -2.06. The average Bonchev–Trinajstić information content (AvgIpc) is 3.46. The zero-order valence-electron chi connectivity index (χ0n) is 23.7. The number of aromatic amines is 1. The maximum absolute atomic E-state index is 13.5. The lowest BCUT2D eigenvalue weighted by Crippen LogP contribution is -2.36. The lowest BCUT2D eigenvalue weighted by atomic mass is 9.98. The number of fused-ring (bicyclic) bond motifs is 1. The van der Waals surface area contributed by atoms with Gasteiger partial charge in [-0.25, -0.2) is 4.98 Å². The van der Waals surface area contributed by atoms with Crippen molar-refractivity contribution in [1.82, 2.24) is 9.97 Å². The Morgan fingerprint density at radius 1 is 0.886 bits per heavy atom. The van der Waals surface area contributed by atoms with Crippen molar-refractivity contribution in [2.75, 3.05) is 41.8 Å². The molecular formula is C33H28F3N5O3. The van der Waals surface area contributed by atoms with Crippen LogP contribution >= 0.6 is 0 Å². The molecule has 1 aliphatic rings. The Balaban J connectivity index is 1.29. The number of carbonyl (C=O) groups is 2. The normalized spacial score (nSPS) is 13.6. The maximum atomic E-state index is 13.5. The quantitative estimate of drug-likeness (QED) is 0.197. The topological polar surface area (TPSA) is 99.3 Å². The molecule has 0 atom stereocenters. The van der Waals surface area contributed by atoms with Gasteiger partial charge >= 0.3 is 6.18 Å².